The Balaban J connectivity index is 1.56. The van der Waals surface area contributed by atoms with Crippen LogP contribution >= 0.6 is 0 Å². The lowest BCUT2D eigenvalue weighted by Gasteiger charge is -2.24. The number of anilines is 1. The minimum Gasteiger partial charge on any atom is -0.481 e. The fourth-order valence-corrected chi connectivity index (χ4v) is 4.17. The molecule has 8 nitrogen and oxygen atoms in total. The SMILES string of the molecule is C#CCOc1cccc([C@H]2CC(=O)Nc3c2c(C)nn3-c2nncc(-c3ccc(C)cc3)n2)c1. The first-order valence-corrected chi connectivity index (χ1v) is 10.9. The van der Waals surface area contributed by atoms with E-state index in [9.17, 15) is 4.79 Å². The van der Waals surface area contributed by atoms with Crippen molar-refractivity contribution in [2.75, 3.05) is 11.9 Å². The van der Waals surface area contributed by atoms with Crippen LogP contribution in [0.2, 0.25) is 0 Å². The second-order valence-corrected chi connectivity index (χ2v) is 8.14. The molecule has 1 aliphatic rings. The number of nitrogens with one attached hydrogen (secondary N) is 1. The van der Waals surface area contributed by atoms with Crippen LogP contribution in [0.1, 0.15) is 34.7 Å². The largest absolute Gasteiger partial charge is 0.481 e. The highest BCUT2D eigenvalue weighted by Gasteiger charge is 2.33. The lowest BCUT2D eigenvalue weighted by atomic mass is 9.86. The number of carbonyl (C=O) groups excluding carboxylic acids is 1. The molecule has 0 aliphatic carbocycles. The van der Waals surface area contributed by atoms with E-state index in [0.717, 1.165) is 27.9 Å². The molecule has 0 saturated heterocycles. The molecule has 0 spiro atoms. The zero-order valence-electron chi connectivity index (χ0n) is 18.8. The molecule has 0 unspecified atom stereocenters. The molecule has 1 atom stereocenters. The van der Waals surface area contributed by atoms with Gasteiger partial charge in [0, 0.05) is 23.5 Å². The number of hydrogen-bond donors (Lipinski definition) is 1. The molecular formula is C26H22N6O2. The van der Waals surface area contributed by atoms with Gasteiger partial charge in [0.2, 0.25) is 5.91 Å². The molecule has 2 aromatic heterocycles. The topological polar surface area (TPSA) is 94.8 Å². The summed E-state index contributed by atoms with van der Waals surface area (Å²) in [5.74, 6) is 3.66. The van der Waals surface area contributed by atoms with Crippen LogP contribution < -0.4 is 10.1 Å². The number of terminal acetylenes is 1. The summed E-state index contributed by atoms with van der Waals surface area (Å²) in [7, 11) is 0. The summed E-state index contributed by atoms with van der Waals surface area (Å²) in [6, 6.07) is 15.6. The number of benzene rings is 2. The average Bonchev–Trinajstić information content (AvgIpc) is 3.19. The molecule has 0 radical (unpaired) electrons. The highest BCUT2D eigenvalue weighted by molar-refractivity contribution is 5.95. The third kappa shape index (κ3) is 3.99. The molecule has 0 fully saturated rings. The van der Waals surface area contributed by atoms with Crippen LogP contribution in [0.25, 0.3) is 17.2 Å². The number of aromatic nitrogens is 5. The van der Waals surface area contributed by atoms with Gasteiger partial charge in [-0.2, -0.15) is 14.9 Å². The smallest absolute Gasteiger partial charge is 0.272 e. The van der Waals surface area contributed by atoms with Crippen LogP contribution in [0.3, 0.4) is 0 Å². The van der Waals surface area contributed by atoms with E-state index in [-0.39, 0.29) is 24.4 Å². The summed E-state index contributed by atoms with van der Waals surface area (Å²) >= 11 is 0. The monoisotopic (exact) mass is 450 g/mol. The third-order valence-electron chi connectivity index (χ3n) is 5.77. The van der Waals surface area contributed by atoms with Crippen molar-refractivity contribution < 1.29 is 9.53 Å². The normalized spacial score (nSPS) is 14.7. The summed E-state index contributed by atoms with van der Waals surface area (Å²) in [6.45, 7) is 4.12. The maximum atomic E-state index is 12.7. The average molecular weight is 451 g/mol. The first-order chi connectivity index (χ1) is 16.5. The van der Waals surface area contributed by atoms with Gasteiger partial charge in [0.1, 0.15) is 18.2 Å². The number of aryl methyl sites for hydroxylation is 2. The van der Waals surface area contributed by atoms with Gasteiger partial charge in [-0.3, -0.25) is 4.79 Å². The molecule has 3 heterocycles. The minimum absolute atomic E-state index is 0.115. The van der Waals surface area contributed by atoms with Crippen molar-refractivity contribution in [3.05, 3.63) is 77.1 Å². The van der Waals surface area contributed by atoms with Crippen molar-refractivity contribution in [2.45, 2.75) is 26.2 Å². The lowest BCUT2D eigenvalue weighted by Crippen LogP contribution is -2.25. The van der Waals surface area contributed by atoms with Crippen molar-refractivity contribution in [1.29, 1.82) is 0 Å². The molecule has 0 saturated carbocycles. The van der Waals surface area contributed by atoms with Gasteiger partial charge in [0.05, 0.1) is 17.6 Å². The molecule has 168 valence electrons. The summed E-state index contributed by atoms with van der Waals surface area (Å²) in [5, 5.41) is 16.0. The van der Waals surface area contributed by atoms with Gasteiger partial charge < -0.3 is 10.1 Å². The van der Waals surface area contributed by atoms with Gasteiger partial charge in [-0.05, 0) is 31.5 Å². The van der Waals surface area contributed by atoms with Crippen LogP contribution in [0.4, 0.5) is 5.82 Å². The first kappa shape index (κ1) is 21.3. The predicted molar refractivity (Wildman–Crippen MR) is 128 cm³/mol. The Kier molecular flexibility index (Phi) is 5.52. The first-order valence-electron chi connectivity index (χ1n) is 10.9. The van der Waals surface area contributed by atoms with E-state index in [4.69, 9.17) is 11.2 Å². The van der Waals surface area contributed by atoms with E-state index in [1.54, 1.807) is 10.9 Å². The summed E-state index contributed by atoms with van der Waals surface area (Å²) in [5.41, 5.74) is 5.39. The Morgan fingerprint density at radius 2 is 2.03 bits per heavy atom. The van der Waals surface area contributed by atoms with Crippen LogP contribution in [0.5, 0.6) is 5.75 Å². The fraction of sp³-hybridized carbons (Fsp3) is 0.192. The molecule has 0 bridgehead atoms. The zero-order valence-corrected chi connectivity index (χ0v) is 18.8. The van der Waals surface area contributed by atoms with E-state index in [1.807, 2.05) is 62.4 Å². The molecule has 2 aromatic carbocycles. The van der Waals surface area contributed by atoms with Gasteiger partial charge >= 0.3 is 0 Å². The maximum Gasteiger partial charge on any atom is 0.272 e. The highest BCUT2D eigenvalue weighted by atomic mass is 16.5. The second kappa shape index (κ2) is 8.79. The van der Waals surface area contributed by atoms with Crippen molar-refractivity contribution in [1.82, 2.24) is 25.0 Å². The maximum absolute atomic E-state index is 12.7. The van der Waals surface area contributed by atoms with E-state index in [1.165, 1.54) is 0 Å². The van der Waals surface area contributed by atoms with Gasteiger partial charge in [0.25, 0.3) is 5.95 Å². The molecule has 8 heteroatoms. The summed E-state index contributed by atoms with van der Waals surface area (Å²) in [6.07, 6.45) is 7.22. The van der Waals surface area contributed by atoms with Gasteiger partial charge in [0.15, 0.2) is 0 Å². The van der Waals surface area contributed by atoms with E-state index in [2.05, 4.69) is 31.5 Å². The van der Waals surface area contributed by atoms with E-state index < -0.39 is 0 Å². The molecule has 1 aliphatic heterocycles. The van der Waals surface area contributed by atoms with Gasteiger partial charge in [-0.1, -0.05) is 47.9 Å². The number of fused-ring (bicyclic) bond motifs is 1. The number of hydrogen-bond acceptors (Lipinski definition) is 6. The number of amides is 1. The molecule has 1 amide bonds. The van der Waals surface area contributed by atoms with Gasteiger partial charge in [-0.15, -0.1) is 11.5 Å². The Hall–Kier alpha value is -4.51. The summed E-state index contributed by atoms with van der Waals surface area (Å²) < 4.78 is 7.14. The van der Waals surface area contributed by atoms with Crippen LogP contribution in [0, 0.1) is 26.2 Å². The van der Waals surface area contributed by atoms with Crippen molar-refractivity contribution in [2.24, 2.45) is 0 Å². The Bertz CT molecular complexity index is 1420. The number of rotatable bonds is 5. The van der Waals surface area contributed by atoms with E-state index >= 15 is 0 Å². The Labute approximate surface area is 197 Å². The molecule has 4 aromatic rings. The second-order valence-electron chi connectivity index (χ2n) is 8.14. The quantitative estimate of drug-likeness (QED) is 0.465. The van der Waals surface area contributed by atoms with Crippen molar-refractivity contribution in [3.63, 3.8) is 0 Å². The fourth-order valence-electron chi connectivity index (χ4n) is 4.17. The zero-order chi connectivity index (χ0) is 23.7. The van der Waals surface area contributed by atoms with Crippen LogP contribution in [0.15, 0.2) is 54.7 Å². The molecule has 1 N–H and O–H groups in total. The lowest BCUT2D eigenvalue weighted by molar-refractivity contribution is -0.116. The summed E-state index contributed by atoms with van der Waals surface area (Å²) in [4.78, 5) is 17.4. The minimum atomic E-state index is -0.194. The number of nitrogens with zero attached hydrogens (tertiary/aromatic N) is 5. The van der Waals surface area contributed by atoms with Crippen molar-refractivity contribution >= 4 is 11.7 Å². The van der Waals surface area contributed by atoms with Gasteiger partial charge in [-0.25, -0.2) is 4.98 Å². The standard InChI is InChI=1S/C26H22N6O2/c1-4-12-34-20-7-5-6-19(13-20)21-14-23(33)29-25-24(21)17(3)31-32(25)26-28-22(15-27-30-26)18-10-8-16(2)9-11-18/h1,5-11,13,15,21H,12,14H2,2-3H3,(H,29,33)/t21-/m1/s1. The van der Waals surface area contributed by atoms with Crippen LogP contribution in [-0.2, 0) is 4.79 Å². The number of carbonyl (C=O) groups is 1. The van der Waals surface area contributed by atoms with Crippen LogP contribution in [-0.4, -0.2) is 37.5 Å². The Morgan fingerprint density at radius 1 is 1.21 bits per heavy atom. The molecule has 34 heavy (non-hydrogen) atoms. The predicted octanol–water partition coefficient (Wildman–Crippen LogP) is 3.83. The van der Waals surface area contributed by atoms with Crippen molar-refractivity contribution in [3.8, 4) is 35.3 Å². The molecule has 5 rings (SSSR count). The highest BCUT2D eigenvalue weighted by Crippen LogP contribution is 2.40. The molecular weight excluding hydrogens is 428 g/mol. The Morgan fingerprint density at radius 3 is 2.82 bits per heavy atom. The third-order valence-corrected chi connectivity index (χ3v) is 5.77. The van der Waals surface area contributed by atoms with E-state index in [0.29, 0.717) is 23.7 Å². The number of ether oxygens (including phenoxy) is 1.